The molecule has 2 nitrogen and oxygen atoms in total. The van der Waals surface area contributed by atoms with Crippen LogP contribution in [0.25, 0.3) is 11.4 Å². The highest BCUT2D eigenvalue weighted by molar-refractivity contribution is 7.58. The van der Waals surface area contributed by atoms with Crippen molar-refractivity contribution in [1.82, 2.24) is 4.57 Å². The standard InChI is InChI=1S/C40H60N2P/c1-28(2)34-21-15-22-35(29(3)4)39(34)41-25-26-42(40-36(30(5)6)23-16-24-37(40)31(7)8)38(41)27-43(32-17-11-9-12-18-32)33-19-13-10-14-20-33/h15-16,21-26,28-33H,9-14,17-20,27H2,1-8H3/q+1. The SMILES string of the molecule is CC(C)c1cccc(C(C)C)c1-n1cc[n+](-c2c(C(C)C)cccc2C(C)C)c1CP(C1CCCCC1)C1CCCCC1. The summed E-state index contributed by atoms with van der Waals surface area (Å²) < 4.78 is 5.37. The normalized spacial score (nSPS) is 17.3. The molecule has 0 bridgehead atoms. The van der Waals surface area contributed by atoms with E-state index in [-0.39, 0.29) is 7.92 Å². The van der Waals surface area contributed by atoms with Crippen LogP contribution in [0, 0.1) is 0 Å². The Morgan fingerprint density at radius 2 is 1.05 bits per heavy atom. The predicted octanol–water partition coefficient (Wildman–Crippen LogP) is 11.9. The summed E-state index contributed by atoms with van der Waals surface area (Å²) in [4.78, 5) is 0. The zero-order chi connectivity index (χ0) is 30.7. The second-order valence-electron chi connectivity index (χ2n) is 14.9. The van der Waals surface area contributed by atoms with E-state index in [1.54, 1.807) is 0 Å². The number of imidazole rings is 1. The van der Waals surface area contributed by atoms with Gasteiger partial charge in [0, 0.05) is 22.3 Å². The molecule has 0 saturated heterocycles. The number of hydrogen-bond acceptors (Lipinski definition) is 0. The molecule has 5 rings (SSSR count). The van der Waals surface area contributed by atoms with Crippen LogP contribution in [0.1, 0.15) is 171 Å². The molecule has 1 aromatic heterocycles. The van der Waals surface area contributed by atoms with Gasteiger partial charge >= 0.3 is 0 Å². The molecule has 3 aromatic rings. The minimum Gasteiger partial charge on any atom is -0.199 e. The van der Waals surface area contributed by atoms with E-state index in [9.17, 15) is 0 Å². The van der Waals surface area contributed by atoms with Crippen molar-refractivity contribution in [2.24, 2.45) is 0 Å². The Labute approximate surface area is 265 Å². The van der Waals surface area contributed by atoms with Crippen molar-refractivity contribution in [3.05, 3.63) is 76.9 Å². The van der Waals surface area contributed by atoms with Crippen molar-refractivity contribution >= 4 is 7.92 Å². The summed E-state index contributed by atoms with van der Waals surface area (Å²) in [6.45, 7) is 19.0. The first kappa shape index (κ1) is 32.5. The molecule has 0 aliphatic heterocycles. The van der Waals surface area contributed by atoms with Crippen LogP contribution in [0.5, 0.6) is 0 Å². The molecule has 2 fully saturated rings. The van der Waals surface area contributed by atoms with E-state index in [0.717, 1.165) is 11.3 Å². The van der Waals surface area contributed by atoms with Gasteiger partial charge in [0.15, 0.2) is 0 Å². The van der Waals surface area contributed by atoms with Crippen molar-refractivity contribution in [2.75, 3.05) is 0 Å². The minimum atomic E-state index is -0.102. The predicted molar refractivity (Wildman–Crippen MR) is 188 cm³/mol. The third kappa shape index (κ3) is 7.01. The number of benzene rings is 2. The highest BCUT2D eigenvalue weighted by Gasteiger charge is 2.37. The van der Waals surface area contributed by atoms with Crippen molar-refractivity contribution < 1.29 is 4.57 Å². The molecule has 0 unspecified atom stereocenters. The summed E-state index contributed by atoms with van der Waals surface area (Å²) in [6, 6.07) is 14.2. The molecule has 0 amide bonds. The van der Waals surface area contributed by atoms with Crippen LogP contribution >= 0.6 is 7.92 Å². The van der Waals surface area contributed by atoms with Gasteiger partial charge in [0.1, 0.15) is 23.8 Å². The maximum atomic E-state index is 2.69. The maximum absolute atomic E-state index is 2.69. The number of nitrogens with zero attached hydrogens (tertiary/aromatic N) is 2. The fraction of sp³-hybridized carbons (Fsp3) is 0.625. The molecule has 0 spiro atoms. The van der Waals surface area contributed by atoms with Gasteiger partial charge in [0.05, 0.1) is 6.16 Å². The van der Waals surface area contributed by atoms with Gasteiger partial charge in [-0.2, -0.15) is 9.13 Å². The van der Waals surface area contributed by atoms with Gasteiger partial charge in [0.25, 0.3) is 5.82 Å². The molecule has 43 heavy (non-hydrogen) atoms. The van der Waals surface area contributed by atoms with Crippen molar-refractivity contribution in [1.29, 1.82) is 0 Å². The third-order valence-corrected chi connectivity index (χ3v) is 14.1. The summed E-state index contributed by atoms with van der Waals surface area (Å²) in [7, 11) is -0.102. The molecule has 2 aliphatic rings. The van der Waals surface area contributed by atoms with Gasteiger partial charge in [-0.05, 0) is 60.7 Å². The Morgan fingerprint density at radius 3 is 1.47 bits per heavy atom. The van der Waals surface area contributed by atoms with E-state index in [4.69, 9.17) is 0 Å². The first-order valence-electron chi connectivity index (χ1n) is 17.8. The van der Waals surface area contributed by atoms with Crippen LogP contribution in [0.4, 0.5) is 0 Å². The van der Waals surface area contributed by atoms with Crippen LogP contribution in [-0.4, -0.2) is 15.9 Å². The molecule has 3 heteroatoms. The van der Waals surface area contributed by atoms with Gasteiger partial charge < -0.3 is 0 Å². The Kier molecular flexibility index (Phi) is 10.9. The Morgan fingerprint density at radius 1 is 0.628 bits per heavy atom. The lowest BCUT2D eigenvalue weighted by molar-refractivity contribution is -0.603. The van der Waals surface area contributed by atoms with Gasteiger partial charge in [-0.15, -0.1) is 0 Å². The van der Waals surface area contributed by atoms with Crippen molar-refractivity contribution in [3.63, 3.8) is 0 Å². The van der Waals surface area contributed by atoms with Gasteiger partial charge in [0.2, 0.25) is 0 Å². The quantitative estimate of drug-likeness (QED) is 0.162. The van der Waals surface area contributed by atoms with Gasteiger partial charge in [-0.3, -0.25) is 0 Å². The zero-order valence-corrected chi connectivity index (χ0v) is 29.6. The maximum Gasteiger partial charge on any atom is 0.271 e. The van der Waals surface area contributed by atoms with E-state index in [2.05, 4.69) is 113 Å². The van der Waals surface area contributed by atoms with Gasteiger partial charge in [-0.1, -0.05) is 138 Å². The van der Waals surface area contributed by atoms with Crippen LogP contribution in [0.3, 0.4) is 0 Å². The lowest BCUT2D eigenvalue weighted by Gasteiger charge is -2.38. The van der Waals surface area contributed by atoms with E-state index < -0.39 is 0 Å². The zero-order valence-electron chi connectivity index (χ0n) is 28.7. The molecule has 2 aliphatic carbocycles. The second-order valence-corrected chi connectivity index (χ2v) is 17.7. The molecular weight excluding hydrogens is 539 g/mol. The minimum absolute atomic E-state index is 0.102. The Balaban J connectivity index is 1.78. The summed E-state index contributed by atoms with van der Waals surface area (Å²) >= 11 is 0. The lowest BCUT2D eigenvalue weighted by Crippen LogP contribution is -2.38. The monoisotopic (exact) mass is 599 g/mol. The van der Waals surface area contributed by atoms with Crippen molar-refractivity contribution in [2.45, 2.75) is 161 Å². The summed E-state index contributed by atoms with van der Waals surface area (Å²) in [5.41, 5.74) is 10.7. The summed E-state index contributed by atoms with van der Waals surface area (Å²) in [5.74, 6) is 3.44. The first-order valence-corrected chi connectivity index (χ1v) is 19.5. The van der Waals surface area contributed by atoms with Crippen molar-refractivity contribution in [3.8, 4) is 11.4 Å². The fourth-order valence-corrected chi connectivity index (χ4v) is 11.9. The smallest absolute Gasteiger partial charge is 0.199 e. The first-order chi connectivity index (χ1) is 20.7. The van der Waals surface area contributed by atoms with E-state index in [1.807, 2.05) is 0 Å². The highest BCUT2D eigenvalue weighted by atomic mass is 31.1. The summed E-state index contributed by atoms with van der Waals surface area (Å²) in [5, 5.41) is 0. The second kappa shape index (κ2) is 14.5. The Hall–Kier alpha value is -1.92. The molecule has 0 N–H and O–H groups in total. The molecular formula is C40H60N2P+. The Bertz CT molecular complexity index is 1180. The van der Waals surface area contributed by atoms with E-state index in [0.29, 0.717) is 23.7 Å². The number of hydrogen-bond donors (Lipinski definition) is 0. The number of para-hydroxylation sites is 2. The van der Waals surface area contributed by atoms with Crippen LogP contribution < -0.4 is 4.57 Å². The van der Waals surface area contributed by atoms with Crippen LogP contribution in [-0.2, 0) is 6.16 Å². The van der Waals surface area contributed by atoms with E-state index >= 15 is 0 Å². The molecule has 2 aromatic carbocycles. The molecule has 234 valence electrons. The van der Waals surface area contributed by atoms with Gasteiger partial charge in [-0.25, -0.2) is 0 Å². The molecule has 0 radical (unpaired) electrons. The fourth-order valence-electron chi connectivity index (χ4n) is 8.11. The van der Waals surface area contributed by atoms with Crippen LogP contribution in [0.2, 0.25) is 0 Å². The largest absolute Gasteiger partial charge is 0.271 e. The average molecular weight is 600 g/mol. The topological polar surface area (TPSA) is 8.81 Å². The molecule has 2 saturated carbocycles. The summed E-state index contributed by atoms with van der Waals surface area (Å²) in [6.07, 6.45) is 20.6. The van der Waals surface area contributed by atoms with E-state index in [1.165, 1.54) is 110 Å². The number of rotatable bonds is 10. The average Bonchev–Trinajstić information content (AvgIpc) is 3.42. The van der Waals surface area contributed by atoms with Crippen LogP contribution in [0.15, 0.2) is 48.8 Å². The molecule has 0 atom stereocenters. The lowest BCUT2D eigenvalue weighted by atomic mass is 9.92. The molecule has 1 heterocycles. The highest BCUT2D eigenvalue weighted by Crippen LogP contribution is 2.57. The third-order valence-electron chi connectivity index (χ3n) is 10.5. The number of aromatic nitrogens is 2.